The number of aromatic nitrogens is 4. The Bertz CT molecular complexity index is 803. The molecule has 1 atom stereocenters. The van der Waals surface area contributed by atoms with Crippen LogP contribution in [0.5, 0.6) is 0 Å². The molecule has 0 aromatic carbocycles. The zero-order valence-electron chi connectivity index (χ0n) is 14.1. The zero-order chi connectivity index (χ0) is 17.3. The van der Waals surface area contributed by atoms with E-state index in [9.17, 15) is 8.42 Å². The van der Waals surface area contributed by atoms with E-state index >= 15 is 0 Å². The number of nitrogens with one attached hydrogen (secondary N) is 1. The molecule has 1 aliphatic rings. The molecule has 2 aromatic rings. The van der Waals surface area contributed by atoms with Crippen LogP contribution in [0.2, 0.25) is 0 Å². The maximum atomic E-state index is 12.9. The summed E-state index contributed by atoms with van der Waals surface area (Å²) in [4.78, 5) is 11.1. The van der Waals surface area contributed by atoms with Crippen LogP contribution in [0.3, 0.4) is 0 Å². The quantitative estimate of drug-likeness (QED) is 0.867. The molecule has 1 saturated heterocycles. The Hall–Kier alpha value is -1.84. The standard InChI is InChI=1S/C15H22N6O2S/c1-11-16-7-12(10-20(2)3)15(19-11)14-5-4-6-21(14)24(22,23)13-8-17-18-9-13/h7-9,14H,4-6,10H2,1-3H3,(H,17,18). The summed E-state index contributed by atoms with van der Waals surface area (Å²) in [6.07, 6.45) is 6.13. The molecule has 3 heterocycles. The first kappa shape index (κ1) is 17.0. The summed E-state index contributed by atoms with van der Waals surface area (Å²) in [7, 11) is 0.356. The number of sulfonamides is 1. The maximum Gasteiger partial charge on any atom is 0.246 e. The normalized spacial score (nSPS) is 19.2. The first-order valence-corrected chi connectivity index (χ1v) is 9.31. The highest BCUT2D eigenvalue weighted by Gasteiger charge is 2.38. The van der Waals surface area contributed by atoms with Crippen LogP contribution in [0.25, 0.3) is 0 Å². The van der Waals surface area contributed by atoms with Gasteiger partial charge >= 0.3 is 0 Å². The maximum absolute atomic E-state index is 12.9. The van der Waals surface area contributed by atoms with E-state index in [2.05, 4.69) is 20.2 Å². The van der Waals surface area contributed by atoms with Gasteiger partial charge in [-0.15, -0.1) is 0 Å². The molecule has 2 aromatic heterocycles. The van der Waals surface area contributed by atoms with E-state index in [4.69, 9.17) is 0 Å². The summed E-state index contributed by atoms with van der Waals surface area (Å²) in [5, 5.41) is 6.34. The van der Waals surface area contributed by atoms with Crippen molar-refractivity contribution in [2.75, 3.05) is 20.6 Å². The van der Waals surface area contributed by atoms with Crippen molar-refractivity contribution in [1.82, 2.24) is 29.4 Å². The molecule has 0 radical (unpaired) electrons. The highest BCUT2D eigenvalue weighted by Crippen LogP contribution is 2.37. The van der Waals surface area contributed by atoms with Crippen LogP contribution >= 0.6 is 0 Å². The molecule has 130 valence electrons. The lowest BCUT2D eigenvalue weighted by Gasteiger charge is -2.25. The van der Waals surface area contributed by atoms with E-state index in [1.165, 1.54) is 12.4 Å². The molecule has 9 heteroatoms. The van der Waals surface area contributed by atoms with Crippen LogP contribution in [-0.2, 0) is 16.6 Å². The Balaban J connectivity index is 2.01. The molecule has 0 bridgehead atoms. The molecular weight excluding hydrogens is 328 g/mol. The third-order valence-electron chi connectivity index (χ3n) is 4.10. The average molecular weight is 350 g/mol. The molecule has 0 amide bonds. The van der Waals surface area contributed by atoms with Gasteiger partial charge in [-0.2, -0.15) is 9.40 Å². The highest BCUT2D eigenvalue weighted by atomic mass is 32.2. The van der Waals surface area contributed by atoms with Crippen molar-refractivity contribution >= 4 is 10.0 Å². The fourth-order valence-electron chi connectivity index (χ4n) is 3.08. The molecule has 3 rings (SSSR count). The van der Waals surface area contributed by atoms with Crippen molar-refractivity contribution < 1.29 is 8.42 Å². The summed E-state index contributed by atoms with van der Waals surface area (Å²) >= 11 is 0. The van der Waals surface area contributed by atoms with Crippen molar-refractivity contribution in [3.05, 3.63) is 35.7 Å². The second-order valence-electron chi connectivity index (χ2n) is 6.27. The van der Waals surface area contributed by atoms with Crippen molar-refractivity contribution in [1.29, 1.82) is 0 Å². The van der Waals surface area contributed by atoms with Crippen LogP contribution in [0.1, 0.15) is 36.0 Å². The van der Waals surface area contributed by atoms with Crippen LogP contribution in [-0.4, -0.2) is 58.4 Å². The molecule has 24 heavy (non-hydrogen) atoms. The first-order chi connectivity index (χ1) is 11.4. The van der Waals surface area contributed by atoms with Crippen LogP contribution in [0.4, 0.5) is 0 Å². The Morgan fingerprint density at radius 3 is 2.83 bits per heavy atom. The van der Waals surface area contributed by atoms with Crippen LogP contribution in [0.15, 0.2) is 23.5 Å². The minimum absolute atomic E-state index is 0.189. The molecule has 1 unspecified atom stereocenters. The van der Waals surface area contributed by atoms with Gasteiger partial charge < -0.3 is 4.90 Å². The van der Waals surface area contributed by atoms with Crippen LogP contribution < -0.4 is 0 Å². The van der Waals surface area contributed by atoms with Crippen LogP contribution in [0, 0.1) is 6.92 Å². The van der Waals surface area contributed by atoms with Gasteiger partial charge in [0.2, 0.25) is 10.0 Å². The van der Waals surface area contributed by atoms with Gasteiger partial charge in [0.05, 0.1) is 17.9 Å². The van der Waals surface area contributed by atoms with Crippen molar-refractivity contribution in [2.45, 2.75) is 37.2 Å². The Kier molecular flexibility index (Phi) is 4.66. The fraction of sp³-hybridized carbons (Fsp3) is 0.533. The number of rotatable bonds is 5. The lowest BCUT2D eigenvalue weighted by atomic mass is 10.1. The zero-order valence-corrected chi connectivity index (χ0v) is 14.9. The second-order valence-corrected chi connectivity index (χ2v) is 8.16. The Morgan fingerprint density at radius 1 is 1.38 bits per heavy atom. The lowest BCUT2D eigenvalue weighted by Crippen LogP contribution is -2.32. The van der Waals surface area contributed by atoms with E-state index in [0.29, 0.717) is 18.9 Å². The van der Waals surface area contributed by atoms with Gasteiger partial charge in [0.25, 0.3) is 0 Å². The SMILES string of the molecule is Cc1ncc(CN(C)C)c(C2CCCN2S(=O)(=O)c2cn[nH]c2)n1. The molecule has 0 aliphatic carbocycles. The van der Waals surface area contributed by atoms with Gasteiger partial charge in [-0.25, -0.2) is 18.4 Å². The monoisotopic (exact) mass is 350 g/mol. The van der Waals surface area contributed by atoms with Crippen molar-refractivity contribution in [3.8, 4) is 0 Å². The summed E-state index contributed by atoms with van der Waals surface area (Å²) in [6.45, 7) is 2.99. The molecule has 0 spiro atoms. The third kappa shape index (κ3) is 3.19. The number of hydrogen-bond acceptors (Lipinski definition) is 6. The van der Waals surface area contributed by atoms with Crippen molar-refractivity contribution in [3.63, 3.8) is 0 Å². The van der Waals surface area contributed by atoms with E-state index in [0.717, 1.165) is 24.1 Å². The number of aromatic amines is 1. The summed E-state index contributed by atoms with van der Waals surface area (Å²) in [5.74, 6) is 0.653. The minimum atomic E-state index is -3.59. The average Bonchev–Trinajstić information content (AvgIpc) is 3.20. The van der Waals surface area contributed by atoms with E-state index < -0.39 is 10.0 Å². The molecular formula is C15H22N6O2S. The number of aryl methyl sites for hydroxylation is 1. The Labute approximate surface area is 142 Å². The van der Waals surface area contributed by atoms with Gasteiger partial charge in [-0.3, -0.25) is 5.10 Å². The van der Waals surface area contributed by atoms with E-state index in [-0.39, 0.29) is 10.9 Å². The summed E-state index contributed by atoms with van der Waals surface area (Å²) in [5.41, 5.74) is 1.77. The van der Waals surface area contributed by atoms with Gasteiger partial charge in [0, 0.05) is 31.0 Å². The molecule has 8 nitrogen and oxygen atoms in total. The predicted molar refractivity (Wildman–Crippen MR) is 88.6 cm³/mol. The number of hydrogen-bond donors (Lipinski definition) is 1. The number of nitrogens with zero attached hydrogens (tertiary/aromatic N) is 5. The Morgan fingerprint density at radius 2 is 2.17 bits per heavy atom. The van der Waals surface area contributed by atoms with Gasteiger partial charge in [-0.05, 0) is 33.9 Å². The van der Waals surface area contributed by atoms with Gasteiger partial charge in [-0.1, -0.05) is 0 Å². The van der Waals surface area contributed by atoms with E-state index in [1.54, 1.807) is 10.5 Å². The largest absolute Gasteiger partial charge is 0.305 e. The fourth-order valence-corrected chi connectivity index (χ4v) is 4.65. The molecule has 1 fully saturated rings. The first-order valence-electron chi connectivity index (χ1n) is 7.87. The highest BCUT2D eigenvalue weighted by molar-refractivity contribution is 7.89. The van der Waals surface area contributed by atoms with Gasteiger partial charge in [0.15, 0.2) is 0 Å². The number of H-pyrrole nitrogens is 1. The summed E-state index contributed by atoms with van der Waals surface area (Å²) in [6, 6.07) is -0.262. The van der Waals surface area contributed by atoms with E-state index in [1.807, 2.05) is 25.9 Å². The topological polar surface area (TPSA) is 95.1 Å². The van der Waals surface area contributed by atoms with Gasteiger partial charge in [0.1, 0.15) is 10.7 Å². The molecule has 1 N–H and O–H groups in total. The molecule has 1 aliphatic heterocycles. The smallest absolute Gasteiger partial charge is 0.246 e. The molecule has 0 saturated carbocycles. The minimum Gasteiger partial charge on any atom is -0.305 e. The lowest BCUT2D eigenvalue weighted by molar-refractivity contribution is 0.369. The third-order valence-corrected chi connectivity index (χ3v) is 5.98. The predicted octanol–water partition coefficient (Wildman–Crippen LogP) is 1.10. The second kappa shape index (κ2) is 6.58. The summed E-state index contributed by atoms with van der Waals surface area (Å²) < 4.78 is 27.4. The van der Waals surface area contributed by atoms with Crippen molar-refractivity contribution in [2.24, 2.45) is 0 Å².